The molecule has 2 nitrogen and oxygen atoms in total. The number of hydrogen-bond donors (Lipinski definition) is 0. The molecular formula is C31H26BCl2N2Si. The lowest BCUT2D eigenvalue weighted by atomic mass is 9.65. The van der Waals surface area contributed by atoms with Crippen LogP contribution in [0.3, 0.4) is 0 Å². The van der Waals surface area contributed by atoms with Gasteiger partial charge >= 0.3 is 0 Å². The van der Waals surface area contributed by atoms with Crippen molar-refractivity contribution in [2.75, 3.05) is 0 Å². The molecule has 5 rings (SSSR count). The largest absolute Gasteiger partial charge is 0.347 e. The summed E-state index contributed by atoms with van der Waals surface area (Å²) >= 11 is 12.4. The van der Waals surface area contributed by atoms with Crippen LogP contribution in [0.2, 0.25) is 10.0 Å². The quantitative estimate of drug-likeness (QED) is 0.153. The Labute approximate surface area is 231 Å². The minimum absolute atomic E-state index is 0.346. The summed E-state index contributed by atoms with van der Waals surface area (Å²) < 4.78 is 2.28. The average molecular weight is 536 g/mol. The van der Waals surface area contributed by atoms with Gasteiger partial charge in [-0.1, -0.05) is 120 Å². The van der Waals surface area contributed by atoms with Crippen molar-refractivity contribution in [2.45, 2.75) is 11.7 Å². The first kappa shape index (κ1) is 25.3. The zero-order chi connectivity index (χ0) is 25.5. The van der Waals surface area contributed by atoms with Crippen LogP contribution in [0, 0.1) is 0 Å². The van der Waals surface area contributed by atoms with Crippen molar-refractivity contribution in [1.29, 1.82) is 0 Å². The van der Waals surface area contributed by atoms with Gasteiger partial charge in [0.05, 0.1) is 15.2 Å². The summed E-state index contributed by atoms with van der Waals surface area (Å²) in [5, 5.41) is 1.51. The third-order valence-electron chi connectivity index (χ3n) is 6.46. The van der Waals surface area contributed by atoms with E-state index in [1.807, 2.05) is 42.6 Å². The van der Waals surface area contributed by atoms with Crippen molar-refractivity contribution >= 4 is 57.3 Å². The van der Waals surface area contributed by atoms with Crippen LogP contribution < -0.4 is 5.72 Å². The molecule has 1 heterocycles. The molecule has 4 aromatic carbocycles. The maximum Gasteiger partial charge on any atom is 0.241 e. The van der Waals surface area contributed by atoms with E-state index in [2.05, 4.69) is 96.9 Å². The molecular weight excluding hydrogens is 510 g/mol. The van der Waals surface area contributed by atoms with E-state index in [-0.39, 0.29) is 0 Å². The number of imidazole rings is 1. The van der Waals surface area contributed by atoms with E-state index in [0.717, 1.165) is 33.0 Å². The zero-order valence-electron chi connectivity index (χ0n) is 20.3. The predicted octanol–water partition coefficient (Wildman–Crippen LogP) is 6.63. The van der Waals surface area contributed by atoms with Crippen LogP contribution >= 0.6 is 23.2 Å². The van der Waals surface area contributed by atoms with E-state index in [1.165, 1.54) is 16.7 Å². The van der Waals surface area contributed by atoms with Crippen LogP contribution in [0.4, 0.5) is 0 Å². The number of benzene rings is 4. The van der Waals surface area contributed by atoms with Crippen molar-refractivity contribution in [3.8, 4) is 0 Å². The molecule has 0 fully saturated rings. The van der Waals surface area contributed by atoms with Gasteiger partial charge in [0.2, 0.25) is 7.28 Å². The molecule has 0 saturated heterocycles. The normalized spacial score (nSPS) is 11.9. The van der Waals surface area contributed by atoms with Crippen LogP contribution in [0.25, 0.3) is 11.5 Å². The molecule has 1 aromatic heterocycles. The van der Waals surface area contributed by atoms with Gasteiger partial charge in [-0.3, -0.25) is 4.98 Å². The van der Waals surface area contributed by atoms with Gasteiger partial charge in [0.25, 0.3) is 0 Å². The molecule has 5 aromatic rings. The SMILES string of the molecule is Clc1ccc(C([SiH2]Cn2ccnc2[B]C(=Cc2ccccc2)c2ccccc2)c2ccc(Cl)cc2)cc1. The number of rotatable bonds is 9. The maximum absolute atomic E-state index is 6.19. The minimum atomic E-state index is -0.643. The second kappa shape index (κ2) is 12.3. The molecule has 0 bridgehead atoms. The number of halogens is 2. The lowest BCUT2D eigenvalue weighted by Gasteiger charge is -2.19. The topological polar surface area (TPSA) is 17.8 Å². The number of aromatic nitrogens is 2. The third-order valence-corrected chi connectivity index (χ3v) is 9.23. The van der Waals surface area contributed by atoms with E-state index in [9.17, 15) is 0 Å². The van der Waals surface area contributed by atoms with Gasteiger partial charge in [-0.15, -0.1) is 0 Å². The van der Waals surface area contributed by atoms with Crippen LogP contribution in [0.15, 0.2) is 122 Å². The first-order chi connectivity index (χ1) is 18.2. The van der Waals surface area contributed by atoms with E-state index < -0.39 is 9.52 Å². The summed E-state index contributed by atoms with van der Waals surface area (Å²) in [5.74, 6) is 0. The Kier molecular flexibility index (Phi) is 8.42. The Bertz CT molecular complexity index is 1410. The molecule has 181 valence electrons. The molecule has 0 spiro atoms. The lowest BCUT2D eigenvalue weighted by molar-refractivity contribution is 0.887. The van der Waals surface area contributed by atoms with E-state index in [1.54, 1.807) is 0 Å². The standard InChI is InChI=1S/C31H26BCl2N2Si/c33-27-15-11-25(12-16-27)30(26-13-17-28(34)18-14-26)37-22-36-20-19-35-31(36)32-29(24-9-5-2-6-10-24)21-23-7-3-1-4-8-23/h1-21,30H,22,37H2. The summed E-state index contributed by atoms with van der Waals surface area (Å²) in [6.45, 7) is 0. The molecule has 1 radical (unpaired) electrons. The molecule has 0 atom stereocenters. The van der Waals surface area contributed by atoms with Gasteiger partial charge in [0.15, 0.2) is 0 Å². The molecule has 37 heavy (non-hydrogen) atoms. The fourth-order valence-electron chi connectivity index (χ4n) is 4.54. The summed E-state index contributed by atoms with van der Waals surface area (Å²) in [4.78, 5) is 4.72. The molecule has 6 heteroatoms. The Morgan fingerprint density at radius 2 is 1.35 bits per heavy atom. The monoisotopic (exact) mass is 535 g/mol. The smallest absolute Gasteiger partial charge is 0.241 e. The molecule has 0 aliphatic rings. The first-order valence-electron chi connectivity index (χ1n) is 12.3. The lowest BCUT2D eigenvalue weighted by Crippen LogP contribution is -2.30. The number of nitrogens with zero attached hydrogens (tertiary/aromatic N) is 2. The Balaban J connectivity index is 1.40. The van der Waals surface area contributed by atoms with Gasteiger partial charge < -0.3 is 4.57 Å². The van der Waals surface area contributed by atoms with E-state index in [0.29, 0.717) is 5.54 Å². The molecule has 0 aliphatic heterocycles. The van der Waals surface area contributed by atoms with Gasteiger partial charge in [-0.2, -0.15) is 0 Å². The van der Waals surface area contributed by atoms with Crippen molar-refractivity contribution in [2.24, 2.45) is 0 Å². The zero-order valence-corrected chi connectivity index (χ0v) is 23.3. The van der Waals surface area contributed by atoms with Crippen molar-refractivity contribution < 1.29 is 0 Å². The molecule has 0 amide bonds. The van der Waals surface area contributed by atoms with Crippen molar-refractivity contribution in [3.05, 3.63) is 154 Å². The summed E-state index contributed by atoms with van der Waals surface area (Å²) in [6, 6.07) is 37.4. The minimum Gasteiger partial charge on any atom is -0.347 e. The average Bonchev–Trinajstić information content (AvgIpc) is 3.38. The highest BCUT2D eigenvalue weighted by Crippen LogP contribution is 2.26. The maximum atomic E-state index is 6.19. The summed E-state index contributed by atoms with van der Waals surface area (Å²) in [5.41, 5.74) is 7.35. The molecule has 0 aliphatic carbocycles. The third kappa shape index (κ3) is 6.72. The Morgan fingerprint density at radius 1 is 0.784 bits per heavy atom. The summed E-state index contributed by atoms with van der Waals surface area (Å²) in [6.07, 6.45) is 7.15. The highest BCUT2D eigenvalue weighted by Gasteiger charge is 2.17. The van der Waals surface area contributed by atoms with Gasteiger partial charge in [0, 0.05) is 28.6 Å². The molecule has 0 saturated carbocycles. The molecule has 0 unspecified atom stereocenters. The van der Waals surface area contributed by atoms with Gasteiger partial charge in [0.1, 0.15) is 0 Å². The Hall–Kier alpha value is -3.31. The van der Waals surface area contributed by atoms with Gasteiger partial charge in [-0.25, -0.2) is 0 Å². The van der Waals surface area contributed by atoms with E-state index in [4.69, 9.17) is 28.2 Å². The van der Waals surface area contributed by atoms with Crippen molar-refractivity contribution in [1.82, 2.24) is 9.55 Å². The fraction of sp³-hybridized carbons (Fsp3) is 0.0645. The second-order valence-corrected chi connectivity index (χ2v) is 11.7. The van der Waals surface area contributed by atoms with Gasteiger partial charge in [-0.05, 0) is 52.1 Å². The summed E-state index contributed by atoms with van der Waals surface area (Å²) in [7, 11) is 1.55. The fourth-order valence-corrected chi connectivity index (χ4v) is 6.92. The highest BCUT2D eigenvalue weighted by atomic mass is 35.5. The van der Waals surface area contributed by atoms with Crippen LogP contribution in [0.5, 0.6) is 0 Å². The molecule has 0 N–H and O–H groups in total. The first-order valence-corrected chi connectivity index (χ1v) is 14.9. The number of hydrogen-bond acceptors (Lipinski definition) is 1. The van der Waals surface area contributed by atoms with Crippen molar-refractivity contribution in [3.63, 3.8) is 0 Å². The van der Waals surface area contributed by atoms with Crippen LogP contribution in [-0.4, -0.2) is 26.4 Å². The van der Waals surface area contributed by atoms with Crippen LogP contribution in [-0.2, 0) is 6.17 Å². The second-order valence-electron chi connectivity index (χ2n) is 8.94. The highest BCUT2D eigenvalue weighted by molar-refractivity contribution is 6.73. The van der Waals surface area contributed by atoms with E-state index >= 15 is 0 Å². The van der Waals surface area contributed by atoms with Crippen LogP contribution in [0.1, 0.15) is 27.8 Å². The predicted molar refractivity (Wildman–Crippen MR) is 162 cm³/mol. The Morgan fingerprint density at radius 3 is 1.95 bits per heavy atom.